The van der Waals surface area contributed by atoms with Crippen molar-refractivity contribution in [3.63, 3.8) is 0 Å². The first kappa shape index (κ1) is 13.0. The SMILES string of the molecule is CC(N)C1CCCN(C(=O)CCn2cncn2)C1. The summed E-state index contributed by atoms with van der Waals surface area (Å²) in [5, 5.41) is 3.99. The van der Waals surface area contributed by atoms with Gasteiger partial charge in [0.2, 0.25) is 5.91 Å². The van der Waals surface area contributed by atoms with Crippen LogP contribution in [0, 0.1) is 5.92 Å². The average Bonchev–Trinajstić information content (AvgIpc) is 2.89. The first-order chi connectivity index (χ1) is 8.66. The summed E-state index contributed by atoms with van der Waals surface area (Å²) in [6.07, 6.45) is 5.78. The lowest BCUT2D eigenvalue weighted by Gasteiger charge is -2.34. The summed E-state index contributed by atoms with van der Waals surface area (Å²) in [6, 6.07) is 0.163. The van der Waals surface area contributed by atoms with Crippen LogP contribution in [0.15, 0.2) is 12.7 Å². The van der Waals surface area contributed by atoms with Gasteiger partial charge in [0, 0.05) is 25.6 Å². The van der Waals surface area contributed by atoms with Crippen LogP contribution in [-0.4, -0.2) is 44.7 Å². The highest BCUT2D eigenvalue weighted by Gasteiger charge is 2.25. The van der Waals surface area contributed by atoms with Crippen LogP contribution in [0.25, 0.3) is 0 Å². The molecule has 0 aromatic carbocycles. The van der Waals surface area contributed by atoms with Crippen molar-refractivity contribution in [1.29, 1.82) is 0 Å². The van der Waals surface area contributed by atoms with Crippen molar-refractivity contribution in [3.8, 4) is 0 Å². The van der Waals surface area contributed by atoms with Crippen molar-refractivity contribution in [2.24, 2.45) is 11.7 Å². The molecule has 6 nitrogen and oxygen atoms in total. The molecule has 100 valence electrons. The predicted molar refractivity (Wildman–Crippen MR) is 67.6 cm³/mol. The van der Waals surface area contributed by atoms with Gasteiger partial charge in [-0.25, -0.2) is 4.98 Å². The van der Waals surface area contributed by atoms with Crippen LogP contribution in [-0.2, 0) is 11.3 Å². The third-order valence-electron chi connectivity index (χ3n) is 3.58. The quantitative estimate of drug-likeness (QED) is 0.832. The highest BCUT2D eigenvalue weighted by atomic mass is 16.2. The lowest BCUT2D eigenvalue weighted by molar-refractivity contribution is -0.133. The van der Waals surface area contributed by atoms with Crippen LogP contribution in [0.2, 0.25) is 0 Å². The molecule has 1 fully saturated rings. The Morgan fingerprint density at radius 2 is 2.44 bits per heavy atom. The van der Waals surface area contributed by atoms with Crippen LogP contribution in [0.5, 0.6) is 0 Å². The predicted octanol–water partition coefficient (Wildman–Crippen LogP) is 0.254. The van der Waals surface area contributed by atoms with Gasteiger partial charge >= 0.3 is 0 Å². The zero-order valence-corrected chi connectivity index (χ0v) is 10.8. The Bertz CT molecular complexity index is 376. The van der Waals surface area contributed by atoms with Gasteiger partial charge in [0.15, 0.2) is 0 Å². The zero-order valence-electron chi connectivity index (χ0n) is 10.8. The van der Waals surface area contributed by atoms with E-state index in [9.17, 15) is 4.79 Å². The number of carbonyl (C=O) groups excluding carboxylic acids is 1. The van der Waals surface area contributed by atoms with Crippen molar-refractivity contribution >= 4 is 5.91 Å². The lowest BCUT2D eigenvalue weighted by atomic mass is 9.92. The van der Waals surface area contributed by atoms with Crippen LogP contribution in [0.4, 0.5) is 0 Å². The van der Waals surface area contributed by atoms with Crippen LogP contribution in [0.1, 0.15) is 26.2 Å². The summed E-state index contributed by atoms with van der Waals surface area (Å²) in [5.74, 6) is 0.630. The van der Waals surface area contributed by atoms with Gasteiger partial charge in [-0.2, -0.15) is 5.10 Å². The van der Waals surface area contributed by atoms with E-state index < -0.39 is 0 Å². The van der Waals surface area contributed by atoms with E-state index in [4.69, 9.17) is 5.73 Å². The molecule has 2 atom stereocenters. The summed E-state index contributed by atoms with van der Waals surface area (Å²) >= 11 is 0. The first-order valence-corrected chi connectivity index (χ1v) is 6.52. The summed E-state index contributed by atoms with van der Waals surface area (Å²) < 4.78 is 1.69. The van der Waals surface area contributed by atoms with Gasteiger partial charge in [0.25, 0.3) is 0 Å². The van der Waals surface area contributed by atoms with Gasteiger partial charge in [-0.15, -0.1) is 0 Å². The van der Waals surface area contributed by atoms with Crippen molar-refractivity contribution in [2.75, 3.05) is 13.1 Å². The Morgan fingerprint density at radius 3 is 3.11 bits per heavy atom. The molecule has 0 saturated carbocycles. The molecule has 18 heavy (non-hydrogen) atoms. The molecule has 1 saturated heterocycles. The van der Waals surface area contributed by atoms with Gasteiger partial charge < -0.3 is 10.6 Å². The molecule has 2 heterocycles. The maximum absolute atomic E-state index is 12.1. The fraction of sp³-hybridized carbons (Fsp3) is 0.750. The minimum atomic E-state index is 0.163. The number of rotatable bonds is 4. The van der Waals surface area contributed by atoms with Crippen LogP contribution in [0.3, 0.4) is 0 Å². The number of amides is 1. The zero-order chi connectivity index (χ0) is 13.0. The number of hydrogen-bond donors (Lipinski definition) is 1. The second-order valence-corrected chi connectivity index (χ2v) is 5.01. The monoisotopic (exact) mass is 251 g/mol. The summed E-state index contributed by atoms with van der Waals surface area (Å²) in [7, 11) is 0. The first-order valence-electron chi connectivity index (χ1n) is 6.52. The number of aromatic nitrogens is 3. The minimum Gasteiger partial charge on any atom is -0.342 e. The van der Waals surface area contributed by atoms with Crippen LogP contribution >= 0.6 is 0 Å². The second-order valence-electron chi connectivity index (χ2n) is 5.01. The number of aryl methyl sites for hydroxylation is 1. The van der Waals surface area contributed by atoms with Gasteiger partial charge in [0.1, 0.15) is 12.7 Å². The molecular formula is C12H21N5O. The van der Waals surface area contributed by atoms with Gasteiger partial charge in [-0.1, -0.05) is 0 Å². The molecule has 2 N–H and O–H groups in total. The number of piperidine rings is 1. The van der Waals surface area contributed by atoms with Crippen molar-refractivity contribution in [2.45, 2.75) is 38.8 Å². The van der Waals surface area contributed by atoms with E-state index in [0.29, 0.717) is 18.9 Å². The molecule has 0 radical (unpaired) electrons. The van der Waals surface area contributed by atoms with Gasteiger partial charge in [0.05, 0.1) is 6.54 Å². The number of nitrogens with two attached hydrogens (primary N) is 1. The van der Waals surface area contributed by atoms with Crippen molar-refractivity contribution in [1.82, 2.24) is 19.7 Å². The molecule has 0 bridgehead atoms. The summed E-state index contributed by atoms with van der Waals surface area (Å²) in [6.45, 7) is 4.28. The fourth-order valence-corrected chi connectivity index (χ4v) is 2.38. The molecule has 0 aliphatic carbocycles. The lowest BCUT2D eigenvalue weighted by Crippen LogP contribution is -2.45. The molecule has 1 aromatic heterocycles. The number of carbonyl (C=O) groups is 1. The molecule has 0 spiro atoms. The molecule has 1 aliphatic rings. The Balaban J connectivity index is 1.81. The third-order valence-corrected chi connectivity index (χ3v) is 3.58. The fourth-order valence-electron chi connectivity index (χ4n) is 2.38. The van der Waals surface area contributed by atoms with Gasteiger partial charge in [-0.05, 0) is 25.7 Å². The largest absolute Gasteiger partial charge is 0.342 e. The van der Waals surface area contributed by atoms with Gasteiger partial charge in [-0.3, -0.25) is 9.48 Å². The highest BCUT2D eigenvalue weighted by molar-refractivity contribution is 5.76. The van der Waals surface area contributed by atoms with Crippen molar-refractivity contribution in [3.05, 3.63) is 12.7 Å². The maximum atomic E-state index is 12.1. The van der Waals surface area contributed by atoms with E-state index in [-0.39, 0.29) is 11.9 Å². The van der Waals surface area contributed by atoms with E-state index in [1.165, 1.54) is 6.33 Å². The Labute approximate surface area is 107 Å². The van der Waals surface area contributed by atoms with E-state index >= 15 is 0 Å². The molecule has 6 heteroatoms. The van der Waals surface area contributed by atoms with E-state index in [1.54, 1.807) is 11.0 Å². The van der Waals surface area contributed by atoms with E-state index in [1.807, 2.05) is 11.8 Å². The average molecular weight is 251 g/mol. The Hall–Kier alpha value is -1.43. The summed E-state index contributed by atoms with van der Waals surface area (Å²) in [5.41, 5.74) is 5.92. The maximum Gasteiger partial charge on any atom is 0.224 e. The number of hydrogen-bond acceptors (Lipinski definition) is 4. The molecule has 1 aliphatic heterocycles. The highest BCUT2D eigenvalue weighted by Crippen LogP contribution is 2.19. The van der Waals surface area contributed by atoms with E-state index in [2.05, 4.69) is 10.1 Å². The summed E-state index contributed by atoms with van der Waals surface area (Å²) in [4.78, 5) is 17.9. The number of likely N-dealkylation sites (tertiary alicyclic amines) is 1. The Morgan fingerprint density at radius 1 is 1.61 bits per heavy atom. The molecular weight excluding hydrogens is 230 g/mol. The molecule has 2 unspecified atom stereocenters. The normalized spacial score (nSPS) is 21.9. The second kappa shape index (κ2) is 5.95. The Kier molecular flexibility index (Phi) is 4.30. The van der Waals surface area contributed by atoms with Crippen molar-refractivity contribution < 1.29 is 4.79 Å². The topological polar surface area (TPSA) is 77.0 Å². The van der Waals surface area contributed by atoms with Crippen LogP contribution < -0.4 is 5.73 Å². The minimum absolute atomic E-state index is 0.163. The molecule has 2 rings (SSSR count). The molecule has 1 aromatic rings. The standard InChI is InChI=1S/C12H21N5O/c1-10(13)11-3-2-5-16(7-11)12(18)4-6-17-9-14-8-15-17/h8-11H,2-7,13H2,1H3. The smallest absolute Gasteiger partial charge is 0.224 e. The van der Waals surface area contributed by atoms with E-state index in [0.717, 1.165) is 25.9 Å². The number of nitrogens with zero attached hydrogens (tertiary/aromatic N) is 4. The third kappa shape index (κ3) is 3.29. The molecule has 1 amide bonds.